The molecule has 0 spiro atoms. The van der Waals surface area contributed by atoms with Crippen LogP contribution in [0.5, 0.6) is 0 Å². The van der Waals surface area contributed by atoms with E-state index in [0.717, 1.165) is 27.9 Å². The SMILES string of the molecule is CC(=O)N1CCc2cc(S(=O)(=O)N[C@@H](C)c3cc(C)c(C)cc3C)ccc21. The normalized spacial score (nSPS) is 14.9. The van der Waals surface area contributed by atoms with E-state index in [1.54, 1.807) is 23.1 Å². The summed E-state index contributed by atoms with van der Waals surface area (Å²) >= 11 is 0. The molecule has 1 aliphatic rings. The van der Waals surface area contributed by atoms with Crippen molar-refractivity contribution < 1.29 is 13.2 Å². The minimum atomic E-state index is -3.66. The van der Waals surface area contributed by atoms with Crippen LogP contribution in [0, 0.1) is 20.8 Å². The molecule has 144 valence electrons. The van der Waals surface area contributed by atoms with Gasteiger partial charge in [0.1, 0.15) is 0 Å². The summed E-state index contributed by atoms with van der Waals surface area (Å²) in [6.45, 7) is 10.1. The number of amides is 1. The Balaban J connectivity index is 1.88. The number of hydrogen-bond acceptors (Lipinski definition) is 3. The Morgan fingerprint density at radius 1 is 1.07 bits per heavy atom. The highest BCUT2D eigenvalue weighted by Crippen LogP contribution is 2.31. The van der Waals surface area contributed by atoms with Crippen molar-refractivity contribution in [3.8, 4) is 0 Å². The van der Waals surface area contributed by atoms with Crippen molar-refractivity contribution in [2.45, 2.75) is 52.0 Å². The molecular weight excluding hydrogens is 360 g/mol. The summed E-state index contributed by atoms with van der Waals surface area (Å²) in [6, 6.07) is 8.77. The smallest absolute Gasteiger partial charge is 0.241 e. The lowest BCUT2D eigenvalue weighted by Gasteiger charge is -2.19. The topological polar surface area (TPSA) is 66.5 Å². The first-order chi connectivity index (χ1) is 12.6. The highest BCUT2D eigenvalue weighted by Gasteiger charge is 2.26. The Kier molecular flexibility index (Phi) is 5.14. The van der Waals surface area contributed by atoms with E-state index in [0.29, 0.717) is 13.0 Å². The highest BCUT2D eigenvalue weighted by molar-refractivity contribution is 7.89. The van der Waals surface area contributed by atoms with Gasteiger partial charge in [0.15, 0.2) is 0 Å². The number of nitrogens with zero attached hydrogens (tertiary/aromatic N) is 1. The molecule has 2 aromatic carbocycles. The van der Waals surface area contributed by atoms with Gasteiger partial charge >= 0.3 is 0 Å². The second-order valence-electron chi connectivity index (χ2n) is 7.35. The summed E-state index contributed by atoms with van der Waals surface area (Å²) in [6.07, 6.45) is 0.671. The van der Waals surface area contributed by atoms with Gasteiger partial charge in [0.25, 0.3) is 0 Å². The van der Waals surface area contributed by atoms with Crippen LogP contribution in [-0.2, 0) is 21.2 Å². The third-order valence-electron chi connectivity index (χ3n) is 5.32. The predicted octanol–water partition coefficient (Wildman–Crippen LogP) is 3.56. The number of aryl methyl sites for hydroxylation is 3. The van der Waals surface area contributed by atoms with E-state index in [-0.39, 0.29) is 16.8 Å². The van der Waals surface area contributed by atoms with Crippen LogP contribution in [0.1, 0.15) is 47.7 Å². The minimum Gasteiger partial charge on any atom is -0.312 e. The van der Waals surface area contributed by atoms with Crippen molar-refractivity contribution in [2.75, 3.05) is 11.4 Å². The molecular formula is C21H26N2O3S. The zero-order chi connectivity index (χ0) is 19.9. The van der Waals surface area contributed by atoms with E-state index < -0.39 is 10.0 Å². The molecule has 0 saturated heterocycles. The molecule has 0 unspecified atom stereocenters. The fraction of sp³-hybridized carbons (Fsp3) is 0.381. The van der Waals surface area contributed by atoms with Crippen molar-refractivity contribution in [2.24, 2.45) is 0 Å². The number of hydrogen-bond donors (Lipinski definition) is 1. The lowest BCUT2D eigenvalue weighted by Crippen LogP contribution is -2.28. The maximum Gasteiger partial charge on any atom is 0.241 e. The Hall–Kier alpha value is -2.18. The lowest BCUT2D eigenvalue weighted by atomic mass is 9.97. The van der Waals surface area contributed by atoms with Gasteiger partial charge in [-0.25, -0.2) is 13.1 Å². The molecule has 5 nitrogen and oxygen atoms in total. The minimum absolute atomic E-state index is 0.0266. The van der Waals surface area contributed by atoms with Crippen LogP contribution in [0.25, 0.3) is 0 Å². The molecule has 0 radical (unpaired) electrons. The maximum atomic E-state index is 12.9. The molecule has 1 aliphatic heterocycles. The largest absolute Gasteiger partial charge is 0.312 e. The summed E-state index contributed by atoms with van der Waals surface area (Å²) in [7, 11) is -3.66. The number of carbonyl (C=O) groups excluding carboxylic acids is 1. The number of fused-ring (bicyclic) bond motifs is 1. The summed E-state index contributed by atoms with van der Waals surface area (Å²) < 4.78 is 28.6. The molecule has 27 heavy (non-hydrogen) atoms. The molecule has 0 aliphatic carbocycles. The predicted molar refractivity (Wildman–Crippen MR) is 108 cm³/mol. The van der Waals surface area contributed by atoms with Crippen LogP contribution in [-0.4, -0.2) is 20.9 Å². The van der Waals surface area contributed by atoms with Crippen molar-refractivity contribution in [3.63, 3.8) is 0 Å². The standard InChI is InChI=1S/C21H26N2O3S/c1-13-10-15(3)20(11-14(13)2)16(4)22-27(25,26)19-6-7-21-18(12-19)8-9-23(21)17(5)24/h6-7,10-12,16,22H,8-9H2,1-5H3/t16-/m0/s1. The zero-order valence-electron chi connectivity index (χ0n) is 16.5. The molecule has 0 saturated carbocycles. The van der Waals surface area contributed by atoms with Gasteiger partial charge < -0.3 is 4.90 Å². The number of rotatable bonds is 4. The molecule has 1 heterocycles. The summed E-state index contributed by atoms with van der Waals surface area (Å²) in [4.78, 5) is 13.6. The van der Waals surface area contributed by atoms with E-state index in [4.69, 9.17) is 0 Å². The third kappa shape index (κ3) is 3.77. The van der Waals surface area contributed by atoms with Gasteiger partial charge in [-0.2, -0.15) is 0 Å². The van der Waals surface area contributed by atoms with E-state index in [1.165, 1.54) is 12.5 Å². The Morgan fingerprint density at radius 3 is 2.41 bits per heavy atom. The maximum absolute atomic E-state index is 12.9. The first kappa shape index (κ1) is 19.6. The van der Waals surface area contributed by atoms with Crippen molar-refractivity contribution in [1.82, 2.24) is 4.72 Å². The van der Waals surface area contributed by atoms with Gasteiger partial charge in [-0.05, 0) is 80.1 Å². The monoisotopic (exact) mass is 386 g/mol. The van der Waals surface area contributed by atoms with Gasteiger partial charge in [0.2, 0.25) is 15.9 Å². The summed E-state index contributed by atoms with van der Waals surface area (Å²) in [5, 5.41) is 0. The first-order valence-electron chi connectivity index (χ1n) is 9.11. The van der Waals surface area contributed by atoms with Crippen LogP contribution in [0.15, 0.2) is 35.2 Å². The first-order valence-corrected chi connectivity index (χ1v) is 10.6. The number of benzene rings is 2. The Bertz CT molecular complexity index is 1010. The fourth-order valence-electron chi connectivity index (χ4n) is 3.69. The average Bonchev–Trinajstić information content (AvgIpc) is 3.01. The van der Waals surface area contributed by atoms with Crippen LogP contribution in [0.3, 0.4) is 0 Å². The zero-order valence-corrected chi connectivity index (χ0v) is 17.3. The van der Waals surface area contributed by atoms with Gasteiger partial charge in [-0.15, -0.1) is 0 Å². The van der Waals surface area contributed by atoms with Crippen molar-refractivity contribution in [1.29, 1.82) is 0 Å². The highest BCUT2D eigenvalue weighted by atomic mass is 32.2. The van der Waals surface area contributed by atoms with E-state index in [1.807, 2.05) is 26.8 Å². The number of sulfonamides is 1. The summed E-state index contributed by atoms with van der Waals surface area (Å²) in [5.41, 5.74) is 6.08. The van der Waals surface area contributed by atoms with Gasteiger partial charge in [0, 0.05) is 25.2 Å². The second kappa shape index (κ2) is 7.09. The second-order valence-corrected chi connectivity index (χ2v) is 9.06. The van der Waals surface area contributed by atoms with Crippen LogP contribution < -0.4 is 9.62 Å². The van der Waals surface area contributed by atoms with Gasteiger partial charge in [-0.1, -0.05) is 12.1 Å². The molecule has 1 N–H and O–H groups in total. The molecule has 0 aromatic heterocycles. The van der Waals surface area contributed by atoms with Crippen molar-refractivity contribution >= 4 is 21.6 Å². The van der Waals surface area contributed by atoms with E-state index in [2.05, 4.69) is 17.7 Å². The average molecular weight is 387 g/mol. The lowest BCUT2D eigenvalue weighted by molar-refractivity contribution is -0.116. The Labute approximate surface area is 161 Å². The Morgan fingerprint density at radius 2 is 1.74 bits per heavy atom. The molecule has 2 aromatic rings. The molecule has 6 heteroatoms. The molecule has 1 atom stereocenters. The van der Waals surface area contributed by atoms with Crippen LogP contribution in [0.2, 0.25) is 0 Å². The quantitative estimate of drug-likeness (QED) is 0.874. The number of nitrogens with one attached hydrogen (secondary N) is 1. The molecule has 0 fully saturated rings. The number of carbonyl (C=O) groups is 1. The van der Waals surface area contributed by atoms with E-state index in [9.17, 15) is 13.2 Å². The van der Waals surface area contributed by atoms with Crippen LogP contribution in [0.4, 0.5) is 5.69 Å². The van der Waals surface area contributed by atoms with E-state index >= 15 is 0 Å². The fourth-order valence-corrected chi connectivity index (χ4v) is 4.96. The van der Waals surface area contributed by atoms with Gasteiger partial charge in [0.05, 0.1) is 4.90 Å². The molecule has 0 bridgehead atoms. The number of anilines is 1. The molecule has 3 rings (SSSR count). The van der Waals surface area contributed by atoms with Crippen LogP contribution >= 0.6 is 0 Å². The summed E-state index contributed by atoms with van der Waals surface area (Å²) in [5.74, 6) is -0.0266. The van der Waals surface area contributed by atoms with Gasteiger partial charge in [-0.3, -0.25) is 4.79 Å². The molecule has 1 amide bonds. The van der Waals surface area contributed by atoms with Crippen molar-refractivity contribution in [3.05, 3.63) is 58.1 Å². The third-order valence-corrected chi connectivity index (χ3v) is 6.86.